The van der Waals surface area contributed by atoms with E-state index in [0.717, 1.165) is 18.4 Å². The number of hydrogen-bond acceptors (Lipinski definition) is 5. The van der Waals surface area contributed by atoms with Crippen molar-refractivity contribution in [2.45, 2.75) is 88.8 Å². The van der Waals surface area contributed by atoms with Crippen LogP contribution >= 0.6 is 0 Å². The molecule has 5 rings (SSSR count). The summed E-state index contributed by atoms with van der Waals surface area (Å²) in [4.78, 5) is 34.2. The standard InChI is InChI=1S/C29H33F5N6O2/c1-2-16-11-20(27(35)42)26(36-13-16)24(17-5-8-28(30,31)9-6-17)21-15-40-22(38-21)12-19(14-37-40)25(18-3-4-18)39-23(41)7-10-29(32,33)34/h11-15,17-18,24-25H,2-10H2,1H3,(H2,35,42)(H,39,41)/t24-,25-/m1/s1. The molecule has 2 amide bonds. The van der Waals surface area contributed by atoms with Gasteiger partial charge in [0.25, 0.3) is 5.91 Å². The van der Waals surface area contributed by atoms with Gasteiger partial charge in [-0.25, -0.2) is 18.3 Å². The molecule has 2 fully saturated rings. The molecule has 0 unspecified atom stereocenters. The molecule has 0 aromatic carbocycles. The van der Waals surface area contributed by atoms with Gasteiger partial charge >= 0.3 is 6.18 Å². The van der Waals surface area contributed by atoms with E-state index in [2.05, 4.69) is 15.4 Å². The molecule has 0 saturated heterocycles. The minimum absolute atomic E-state index is 0.0783. The number of nitrogens with zero attached hydrogens (tertiary/aromatic N) is 4. The lowest BCUT2D eigenvalue weighted by Crippen LogP contribution is -2.30. The molecule has 0 aliphatic heterocycles. The number of hydrogen-bond donors (Lipinski definition) is 2. The number of fused-ring (bicyclic) bond motifs is 1. The van der Waals surface area contributed by atoms with Crippen molar-refractivity contribution in [3.8, 4) is 0 Å². The van der Waals surface area contributed by atoms with Gasteiger partial charge in [-0.3, -0.25) is 14.6 Å². The summed E-state index contributed by atoms with van der Waals surface area (Å²) in [5.41, 5.74) is 8.67. The molecular weight excluding hydrogens is 559 g/mol. The number of aryl methyl sites for hydroxylation is 1. The van der Waals surface area contributed by atoms with Gasteiger partial charge < -0.3 is 11.1 Å². The van der Waals surface area contributed by atoms with Gasteiger partial charge in [-0.1, -0.05) is 6.92 Å². The highest BCUT2D eigenvalue weighted by atomic mass is 19.4. The van der Waals surface area contributed by atoms with E-state index in [1.165, 1.54) is 4.52 Å². The SMILES string of the molecule is CCc1cnc([C@@H](c2cn3ncc([C@H](NC(=O)CCC(F)(F)F)C4CC4)cc3n2)C2CCC(F)(F)CC2)c(C(N)=O)c1. The van der Waals surface area contributed by atoms with Crippen molar-refractivity contribution in [3.05, 3.63) is 58.8 Å². The van der Waals surface area contributed by atoms with Crippen LogP contribution in [0.2, 0.25) is 0 Å². The van der Waals surface area contributed by atoms with Gasteiger partial charge in [-0.2, -0.15) is 18.3 Å². The number of pyridine rings is 1. The fourth-order valence-corrected chi connectivity index (χ4v) is 5.79. The average Bonchev–Trinajstić information content (AvgIpc) is 3.69. The van der Waals surface area contributed by atoms with Crippen molar-refractivity contribution >= 4 is 17.5 Å². The van der Waals surface area contributed by atoms with Crippen molar-refractivity contribution in [1.29, 1.82) is 0 Å². The summed E-state index contributed by atoms with van der Waals surface area (Å²) in [6, 6.07) is 2.89. The Bertz CT molecular complexity index is 1460. The smallest absolute Gasteiger partial charge is 0.366 e. The molecular formula is C29H33F5N6O2. The molecule has 13 heteroatoms. The number of nitrogens with two attached hydrogens (primary N) is 1. The number of rotatable bonds is 10. The van der Waals surface area contributed by atoms with Gasteiger partial charge in [0.05, 0.1) is 41.8 Å². The van der Waals surface area contributed by atoms with E-state index in [9.17, 15) is 31.5 Å². The largest absolute Gasteiger partial charge is 0.389 e. The Kier molecular flexibility index (Phi) is 8.21. The van der Waals surface area contributed by atoms with Crippen LogP contribution in [-0.4, -0.2) is 43.5 Å². The molecule has 0 bridgehead atoms. The van der Waals surface area contributed by atoms with E-state index in [0.29, 0.717) is 29.0 Å². The Labute approximate surface area is 239 Å². The van der Waals surface area contributed by atoms with Crippen LogP contribution in [0.1, 0.15) is 103 Å². The zero-order chi connectivity index (χ0) is 30.2. The van der Waals surface area contributed by atoms with Crippen LogP contribution in [-0.2, 0) is 11.2 Å². The number of carbonyl (C=O) groups is 2. The van der Waals surface area contributed by atoms with E-state index in [-0.39, 0.29) is 43.1 Å². The van der Waals surface area contributed by atoms with Crippen LogP contribution < -0.4 is 11.1 Å². The highest BCUT2D eigenvalue weighted by Gasteiger charge is 2.41. The van der Waals surface area contributed by atoms with E-state index in [1.54, 1.807) is 30.7 Å². The Hall–Kier alpha value is -3.64. The van der Waals surface area contributed by atoms with Crippen LogP contribution in [0.5, 0.6) is 0 Å². The predicted octanol–water partition coefficient (Wildman–Crippen LogP) is 5.65. The Morgan fingerprint density at radius 3 is 2.45 bits per heavy atom. The normalized spacial score (nSPS) is 19.0. The van der Waals surface area contributed by atoms with Gasteiger partial charge in [-0.15, -0.1) is 0 Å². The first-order valence-corrected chi connectivity index (χ1v) is 14.2. The van der Waals surface area contributed by atoms with Gasteiger partial charge in [0.1, 0.15) is 0 Å². The van der Waals surface area contributed by atoms with Crippen LogP contribution in [0.25, 0.3) is 5.65 Å². The molecule has 2 atom stereocenters. The summed E-state index contributed by atoms with van der Waals surface area (Å²) in [7, 11) is 0. The summed E-state index contributed by atoms with van der Waals surface area (Å²) in [5, 5.41) is 7.18. The molecule has 2 aliphatic rings. The second kappa shape index (κ2) is 11.6. The van der Waals surface area contributed by atoms with Gasteiger partial charge in [0.2, 0.25) is 11.8 Å². The third-order valence-corrected chi connectivity index (χ3v) is 8.26. The molecule has 3 aromatic rings. The van der Waals surface area contributed by atoms with E-state index in [4.69, 9.17) is 10.7 Å². The fourth-order valence-electron chi connectivity index (χ4n) is 5.79. The number of alkyl halides is 5. The van der Waals surface area contributed by atoms with E-state index < -0.39 is 48.7 Å². The first kappa shape index (κ1) is 29.8. The highest BCUT2D eigenvalue weighted by Crippen LogP contribution is 2.45. The number of primary amides is 1. The molecule has 42 heavy (non-hydrogen) atoms. The Balaban J connectivity index is 1.49. The van der Waals surface area contributed by atoms with Gasteiger partial charge in [0.15, 0.2) is 5.65 Å². The Morgan fingerprint density at radius 1 is 1.12 bits per heavy atom. The molecule has 8 nitrogen and oxygen atoms in total. The highest BCUT2D eigenvalue weighted by molar-refractivity contribution is 5.94. The molecule has 226 valence electrons. The molecule has 3 N–H and O–H groups in total. The Morgan fingerprint density at radius 2 is 1.83 bits per heavy atom. The van der Waals surface area contributed by atoms with Crippen LogP contribution in [0.15, 0.2) is 30.7 Å². The van der Waals surface area contributed by atoms with Gasteiger partial charge in [-0.05, 0) is 67.2 Å². The number of aromatic nitrogens is 4. The third-order valence-electron chi connectivity index (χ3n) is 8.26. The number of amides is 2. The zero-order valence-corrected chi connectivity index (χ0v) is 23.1. The zero-order valence-electron chi connectivity index (χ0n) is 23.1. The first-order valence-electron chi connectivity index (χ1n) is 14.2. The van der Waals surface area contributed by atoms with Crippen molar-refractivity contribution < 1.29 is 31.5 Å². The maximum atomic E-state index is 14.1. The fraction of sp³-hybridized carbons (Fsp3) is 0.552. The van der Waals surface area contributed by atoms with Gasteiger partial charge in [0, 0.05) is 31.4 Å². The van der Waals surface area contributed by atoms with Crippen molar-refractivity contribution in [3.63, 3.8) is 0 Å². The maximum absolute atomic E-state index is 14.1. The molecule has 3 heterocycles. The van der Waals surface area contributed by atoms with Crippen molar-refractivity contribution in [1.82, 2.24) is 24.9 Å². The van der Waals surface area contributed by atoms with Crippen LogP contribution in [0.3, 0.4) is 0 Å². The lowest BCUT2D eigenvalue weighted by Gasteiger charge is -2.33. The summed E-state index contributed by atoms with van der Waals surface area (Å²) in [5.74, 6) is -4.92. The molecule has 2 aliphatic carbocycles. The average molecular weight is 593 g/mol. The van der Waals surface area contributed by atoms with E-state index in [1.807, 2.05) is 6.92 Å². The summed E-state index contributed by atoms with van der Waals surface area (Å²) >= 11 is 0. The minimum atomic E-state index is -4.43. The van der Waals surface area contributed by atoms with Crippen molar-refractivity contribution in [2.75, 3.05) is 0 Å². The third kappa shape index (κ3) is 6.87. The first-order chi connectivity index (χ1) is 19.8. The quantitative estimate of drug-likeness (QED) is 0.295. The minimum Gasteiger partial charge on any atom is -0.366 e. The lowest BCUT2D eigenvalue weighted by molar-refractivity contribution is -0.144. The van der Waals surface area contributed by atoms with E-state index >= 15 is 0 Å². The second-order valence-electron chi connectivity index (χ2n) is 11.4. The monoisotopic (exact) mass is 592 g/mol. The molecule has 0 spiro atoms. The summed E-state index contributed by atoms with van der Waals surface area (Å²) in [6.45, 7) is 1.92. The van der Waals surface area contributed by atoms with Crippen LogP contribution in [0.4, 0.5) is 22.0 Å². The number of carbonyl (C=O) groups excluding carboxylic acids is 2. The van der Waals surface area contributed by atoms with Crippen LogP contribution in [0, 0.1) is 11.8 Å². The molecule has 2 saturated carbocycles. The topological polar surface area (TPSA) is 115 Å². The number of nitrogens with one attached hydrogen (secondary N) is 1. The molecule has 0 radical (unpaired) electrons. The maximum Gasteiger partial charge on any atom is 0.389 e. The number of imidazole rings is 1. The predicted molar refractivity (Wildman–Crippen MR) is 143 cm³/mol. The second-order valence-corrected chi connectivity index (χ2v) is 11.4. The summed E-state index contributed by atoms with van der Waals surface area (Å²) < 4.78 is 67.6. The summed E-state index contributed by atoms with van der Waals surface area (Å²) in [6.07, 6.45) is 0.665. The lowest BCUT2D eigenvalue weighted by atomic mass is 9.75. The van der Waals surface area contributed by atoms with Crippen molar-refractivity contribution in [2.24, 2.45) is 17.6 Å². The molecule has 3 aromatic heterocycles. The number of halogens is 5.